The lowest BCUT2D eigenvalue weighted by atomic mass is 10.2. The molecule has 1 rings (SSSR count). The molecule has 0 aliphatic heterocycles. The van der Waals surface area contributed by atoms with Gasteiger partial charge in [-0.15, -0.1) is 0 Å². The molecule has 0 spiro atoms. The summed E-state index contributed by atoms with van der Waals surface area (Å²) in [6.45, 7) is 9.45. The summed E-state index contributed by atoms with van der Waals surface area (Å²) in [5.74, 6) is -0.417. The van der Waals surface area contributed by atoms with Crippen LogP contribution in [0, 0.1) is 0 Å². The van der Waals surface area contributed by atoms with E-state index in [1.165, 1.54) is 7.11 Å². The number of carbonyl (C=O) groups excluding carboxylic acids is 1. The van der Waals surface area contributed by atoms with E-state index in [1.807, 2.05) is 6.07 Å². The SMILES string of the molecule is CCN(CC)CC(C)Nc1ccnc(C(=O)OC)c1. The Labute approximate surface area is 115 Å². The van der Waals surface area contributed by atoms with Gasteiger partial charge in [0.25, 0.3) is 0 Å². The van der Waals surface area contributed by atoms with Crippen LogP contribution >= 0.6 is 0 Å². The molecule has 0 aliphatic rings. The fourth-order valence-electron chi connectivity index (χ4n) is 1.94. The van der Waals surface area contributed by atoms with E-state index in [2.05, 4.69) is 40.7 Å². The Kier molecular flexibility index (Phi) is 6.29. The number of hydrogen-bond acceptors (Lipinski definition) is 5. The first-order chi connectivity index (χ1) is 9.10. The second kappa shape index (κ2) is 7.74. The lowest BCUT2D eigenvalue weighted by Gasteiger charge is -2.24. The number of hydrogen-bond donors (Lipinski definition) is 1. The molecule has 1 atom stereocenters. The highest BCUT2D eigenvalue weighted by Crippen LogP contribution is 2.10. The molecule has 0 bridgehead atoms. The minimum Gasteiger partial charge on any atom is -0.464 e. The maximum absolute atomic E-state index is 11.4. The number of rotatable bonds is 7. The molecule has 1 unspecified atom stereocenters. The van der Waals surface area contributed by atoms with Gasteiger partial charge in [0, 0.05) is 24.5 Å². The number of esters is 1. The van der Waals surface area contributed by atoms with Gasteiger partial charge in [-0.25, -0.2) is 9.78 Å². The minimum absolute atomic E-state index is 0.299. The van der Waals surface area contributed by atoms with Gasteiger partial charge in [0.1, 0.15) is 5.69 Å². The third-order valence-electron chi connectivity index (χ3n) is 2.99. The van der Waals surface area contributed by atoms with Crippen molar-refractivity contribution in [2.75, 3.05) is 32.1 Å². The van der Waals surface area contributed by atoms with Crippen molar-refractivity contribution >= 4 is 11.7 Å². The second-order valence-electron chi connectivity index (χ2n) is 4.45. The molecule has 0 aromatic carbocycles. The van der Waals surface area contributed by atoms with Crippen molar-refractivity contribution in [3.8, 4) is 0 Å². The summed E-state index contributed by atoms with van der Waals surface area (Å²) < 4.78 is 4.66. The van der Waals surface area contributed by atoms with Crippen molar-refractivity contribution in [2.24, 2.45) is 0 Å². The Morgan fingerprint density at radius 2 is 2.16 bits per heavy atom. The summed E-state index contributed by atoms with van der Waals surface area (Å²) in [6, 6.07) is 3.86. The number of methoxy groups -OCH3 is 1. The molecule has 1 N–H and O–H groups in total. The summed E-state index contributed by atoms with van der Waals surface area (Å²) in [7, 11) is 1.35. The van der Waals surface area contributed by atoms with E-state index < -0.39 is 5.97 Å². The zero-order valence-electron chi connectivity index (χ0n) is 12.1. The highest BCUT2D eigenvalue weighted by Gasteiger charge is 2.10. The molecule has 0 saturated heterocycles. The molecule has 1 heterocycles. The van der Waals surface area contributed by atoms with Gasteiger partial charge in [0.05, 0.1) is 7.11 Å². The molecule has 1 aromatic rings. The van der Waals surface area contributed by atoms with Gasteiger partial charge >= 0.3 is 5.97 Å². The summed E-state index contributed by atoms with van der Waals surface area (Å²) in [5.41, 5.74) is 1.21. The van der Waals surface area contributed by atoms with Crippen LogP contribution < -0.4 is 5.32 Å². The Bertz CT molecular complexity index is 405. The zero-order chi connectivity index (χ0) is 14.3. The monoisotopic (exact) mass is 265 g/mol. The summed E-state index contributed by atoms with van der Waals surface area (Å²) in [5, 5.41) is 3.37. The Balaban J connectivity index is 2.63. The summed E-state index contributed by atoms with van der Waals surface area (Å²) in [6.07, 6.45) is 1.61. The number of aromatic nitrogens is 1. The van der Waals surface area contributed by atoms with Gasteiger partial charge in [-0.3, -0.25) is 0 Å². The fourth-order valence-corrected chi connectivity index (χ4v) is 1.94. The second-order valence-corrected chi connectivity index (χ2v) is 4.45. The highest BCUT2D eigenvalue weighted by atomic mass is 16.5. The van der Waals surface area contributed by atoms with Gasteiger partial charge < -0.3 is 15.0 Å². The van der Waals surface area contributed by atoms with Crippen molar-refractivity contribution in [1.29, 1.82) is 0 Å². The molecular weight excluding hydrogens is 242 g/mol. The van der Waals surface area contributed by atoms with Crippen LogP contribution in [0.2, 0.25) is 0 Å². The number of ether oxygens (including phenoxy) is 1. The molecule has 0 saturated carbocycles. The van der Waals surface area contributed by atoms with E-state index in [0.717, 1.165) is 25.3 Å². The number of carbonyl (C=O) groups is 1. The van der Waals surface area contributed by atoms with Crippen LogP contribution in [0.5, 0.6) is 0 Å². The van der Waals surface area contributed by atoms with Gasteiger partial charge in [-0.05, 0) is 32.1 Å². The molecule has 106 valence electrons. The maximum Gasteiger partial charge on any atom is 0.356 e. The zero-order valence-corrected chi connectivity index (χ0v) is 12.1. The Hall–Kier alpha value is -1.62. The van der Waals surface area contributed by atoms with E-state index in [9.17, 15) is 4.79 Å². The third-order valence-corrected chi connectivity index (χ3v) is 2.99. The van der Waals surface area contributed by atoms with Gasteiger partial charge in [0.2, 0.25) is 0 Å². The summed E-state index contributed by atoms with van der Waals surface area (Å²) >= 11 is 0. The average molecular weight is 265 g/mol. The molecule has 0 fully saturated rings. The van der Waals surface area contributed by atoms with Gasteiger partial charge in [0.15, 0.2) is 0 Å². The van der Waals surface area contributed by atoms with E-state index in [1.54, 1.807) is 12.3 Å². The van der Waals surface area contributed by atoms with Crippen LogP contribution in [0.15, 0.2) is 18.3 Å². The van der Waals surface area contributed by atoms with Crippen LogP contribution in [0.25, 0.3) is 0 Å². The topological polar surface area (TPSA) is 54.5 Å². The first kappa shape index (κ1) is 15.4. The molecule has 0 radical (unpaired) electrons. The van der Waals surface area contributed by atoms with Crippen LogP contribution in [0.1, 0.15) is 31.3 Å². The maximum atomic E-state index is 11.4. The molecule has 19 heavy (non-hydrogen) atoms. The molecular formula is C14H23N3O2. The number of likely N-dealkylation sites (N-methyl/N-ethyl adjacent to an activating group) is 1. The number of nitrogens with zero attached hydrogens (tertiary/aromatic N) is 2. The van der Waals surface area contributed by atoms with E-state index >= 15 is 0 Å². The molecule has 5 nitrogen and oxygen atoms in total. The number of anilines is 1. The predicted octanol–water partition coefficient (Wildman–Crippen LogP) is 2.01. The average Bonchev–Trinajstić information content (AvgIpc) is 2.44. The van der Waals surface area contributed by atoms with Crippen LogP contribution in [0.3, 0.4) is 0 Å². The van der Waals surface area contributed by atoms with Crippen molar-refractivity contribution in [1.82, 2.24) is 9.88 Å². The first-order valence-electron chi connectivity index (χ1n) is 6.63. The minimum atomic E-state index is -0.417. The van der Waals surface area contributed by atoms with Crippen molar-refractivity contribution in [3.63, 3.8) is 0 Å². The van der Waals surface area contributed by atoms with Crippen molar-refractivity contribution in [2.45, 2.75) is 26.8 Å². The molecule has 5 heteroatoms. The standard InChI is InChI=1S/C14H23N3O2/c1-5-17(6-2)10-11(3)16-12-7-8-15-13(9-12)14(18)19-4/h7-9,11H,5-6,10H2,1-4H3,(H,15,16). The quantitative estimate of drug-likeness (QED) is 0.764. The Morgan fingerprint density at radius 1 is 1.47 bits per heavy atom. The highest BCUT2D eigenvalue weighted by molar-refractivity contribution is 5.88. The van der Waals surface area contributed by atoms with E-state index in [0.29, 0.717) is 11.7 Å². The largest absolute Gasteiger partial charge is 0.464 e. The van der Waals surface area contributed by atoms with E-state index in [4.69, 9.17) is 0 Å². The third kappa shape index (κ3) is 4.87. The lowest BCUT2D eigenvalue weighted by molar-refractivity contribution is 0.0594. The smallest absolute Gasteiger partial charge is 0.356 e. The molecule has 1 aromatic heterocycles. The van der Waals surface area contributed by atoms with Crippen molar-refractivity contribution in [3.05, 3.63) is 24.0 Å². The van der Waals surface area contributed by atoms with Gasteiger partial charge in [-0.2, -0.15) is 0 Å². The first-order valence-corrected chi connectivity index (χ1v) is 6.63. The molecule has 0 amide bonds. The van der Waals surface area contributed by atoms with Gasteiger partial charge in [-0.1, -0.05) is 13.8 Å². The number of nitrogens with one attached hydrogen (secondary N) is 1. The van der Waals surface area contributed by atoms with Crippen LogP contribution in [-0.2, 0) is 4.74 Å². The number of pyridine rings is 1. The van der Waals surface area contributed by atoms with Crippen LogP contribution in [0.4, 0.5) is 5.69 Å². The predicted molar refractivity (Wildman–Crippen MR) is 76.4 cm³/mol. The van der Waals surface area contributed by atoms with Crippen LogP contribution in [-0.4, -0.2) is 48.6 Å². The normalized spacial score (nSPS) is 12.3. The summed E-state index contributed by atoms with van der Waals surface area (Å²) in [4.78, 5) is 17.7. The molecule has 0 aliphatic carbocycles. The Morgan fingerprint density at radius 3 is 2.74 bits per heavy atom. The fraction of sp³-hybridized carbons (Fsp3) is 0.571. The lowest BCUT2D eigenvalue weighted by Crippen LogP contribution is -2.34. The van der Waals surface area contributed by atoms with E-state index in [-0.39, 0.29) is 0 Å². The van der Waals surface area contributed by atoms with Crippen molar-refractivity contribution < 1.29 is 9.53 Å².